The summed E-state index contributed by atoms with van der Waals surface area (Å²) in [4.78, 5) is 28.5. The summed E-state index contributed by atoms with van der Waals surface area (Å²) in [6.07, 6.45) is -1.22. The van der Waals surface area contributed by atoms with E-state index >= 15 is 0 Å². The monoisotopic (exact) mass is 472 g/mol. The molecule has 0 aliphatic carbocycles. The van der Waals surface area contributed by atoms with Crippen LogP contribution in [0.25, 0.3) is 6.20 Å². The molecule has 34 heavy (non-hydrogen) atoms. The average molecular weight is 472 g/mol. The van der Waals surface area contributed by atoms with Crippen LogP contribution in [0, 0.1) is 5.82 Å². The molecule has 0 fully saturated rings. The second kappa shape index (κ2) is 9.18. The topological polar surface area (TPSA) is 87.7 Å². The Bertz CT molecular complexity index is 1330. The normalized spacial score (nSPS) is 15.2. The predicted molar refractivity (Wildman–Crippen MR) is 114 cm³/mol. The first-order chi connectivity index (χ1) is 16.1. The number of carbonyl (C=O) groups excluding carboxylic acids is 1. The lowest BCUT2D eigenvalue weighted by molar-refractivity contribution is -0.137. The van der Waals surface area contributed by atoms with Crippen LogP contribution in [0.2, 0.25) is 0 Å². The van der Waals surface area contributed by atoms with Crippen molar-refractivity contribution in [3.63, 3.8) is 0 Å². The van der Waals surface area contributed by atoms with Gasteiger partial charge >= 0.3 is 6.18 Å². The molecule has 1 amide bonds. The number of hydrogen-bond donors (Lipinski definition) is 1. The summed E-state index contributed by atoms with van der Waals surface area (Å²) in [5.74, 6) is -1.07. The van der Waals surface area contributed by atoms with E-state index in [1.807, 2.05) is 0 Å². The van der Waals surface area contributed by atoms with Crippen LogP contribution in [-0.2, 0) is 19.3 Å². The molecule has 4 rings (SSSR count). The van der Waals surface area contributed by atoms with E-state index in [9.17, 15) is 22.4 Å². The van der Waals surface area contributed by atoms with Crippen LogP contribution < -0.4 is 16.3 Å². The highest BCUT2D eigenvalue weighted by molar-refractivity contribution is 5.94. The highest BCUT2D eigenvalue weighted by Gasteiger charge is 2.31. The van der Waals surface area contributed by atoms with Crippen molar-refractivity contribution in [3.05, 3.63) is 93.8 Å². The smallest absolute Gasteiger partial charge is 0.347 e. The second-order valence-corrected chi connectivity index (χ2v) is 7.74. The number of pyridine rings is 2. The molecule has 1 aliphatic heterocycles. The summed E-state index contributed by atoms with van der Waals surface area (Å²) in [6, 6.07) is 9.57. The van der Waals surface area contributed by atoms with Crippen LogP contribution >= 0.6 is 0 Å². The zero-order valence-corrected chi connectivity index (χ0v) is 18.0. The molecule has 7 nitrogen and oxygen atoms in total. The Balaban J connectivity index is 1.67. The third-order valence-electron chi connectivity index (χ3n) is 5.27. The molecule has 2 N–H and O–H groups in total. The first-order valence-corrected chi connectivity index (χ1v) is 10.2. The molecule has 11 heteroatoms. The maximum atomic E-state index is 14.3. The fourth-order valence-electron chi connectivity index (χ4n) is 3.42. The van der Waals surface area contributed by atoms with E-state index in [2.05, 4.69) is 15.0 Å². The summed E-state index contributed by atoms with van der Waals surface area (Å²) < 4.78 is 52.9. The third kappa shape index (κ3) is 5.04. The van der Waals surface area contributed by atoms with Crippen molar-refractivity contribution in [1.82, 2.24) is 19.8 Å². The molecule has 0 saturated carbocycles. The molecule has 2 aromatic heterocycles. The van der Waals surface area contributed by atoms with Crippen molar-refractivity contribution in [3.8, 4) is 0 Å². The number of alkyl halides is 3. The summed E-state index contributed by atoms with van der Waals surface area (Å²) >= 11 is 0. The van der Waals surface area contributed by atoms with Crippen LogP contribution in [0.15, 0.2) is 59.9 Å². The zero-order chi connectivity index (χ0) is 24.5. The lowest BCUT2D eigenvalue weighted by Gasteiger charge is -2.24. The number of fused-ring (bicyclic) bond motifs is 1. The number of nitrogens with two attached hydrogens (primary N) is 1. The number of nitrogens with zero attached hydrogens (tertiary/aromatic N) is 5. The minimum Gasteiger partial charge on any atom is -0.347 e. The Hall–Kier alpha value is -3.86. The fourth-order valence-corrected chi connectivity index (χ4v) is 3.42. The van der Waals surface area contributed by atoms with E-state index in [0.717, 1.165) is 6.07 Å². The third-order valence-corrected chi connectivity index (χ3v) is 5.27. The number of halogens is 4. The van der Waals surface area contributed by atoms with Crippen molar-refractivity contribution < 1.29 is 22.4 Å². The van der Waals surface area contributed by atoms with Crippen LogP contribution in [0.1, 0.15) is 27.3 Å². The number of carbonyl (C=O) groups is 1. The molecule has 1 unspecified atom stereocenters. The first kappa shape index (κ1) is 23.3. The maximum Gasteiger partial charge on any atom is 0.417 e. The van der Waals surface area contributed by atoms with Gasteiger partial charge in [-0.15, -0.1) is 0 Å². The van der Waals surface area contributed by atoms with Gasteiger partial charge in [0.1, 0.15) is 5.82 Å². The summed E-state index contributed by atoms with van der Waals surface area (Å²) in [5.41, 5.74) is 5.52. The van der Waals surface area contributed by atoms with Crippen LogP contribution in [0.4, 0.5) is 17.6 Å². The van der Waals surface area contributed by atoms with Crippen LogP contribution in [-0.4, -0.2) is 39.0 Å². The molecule has 0 spiro atoms. The predicted octanol–water partition coefficient (Wildman–Crippen LogP) is 2.02. The Labute approximate surface area is 191 Å². The second-order valence-electron chi connectivity index (χ2n) is 7.74. The molecule has 176 valence electrons. The quantitative estimate of drug-likeness (QED) is 0.575. The Morgan fingerprint density at radius 3 is 2.62 bits per heavy atom. The van der Waals surface area contributed by atoms with E-state index < -0.39 is 29.8 Å². The van der Waals surface area contributed by atoms with E-state index in [4.69, 9.17) is 5.73 Å². The van der Waals surface area contributed by atoms with Crippen molar-refractivity contribution in [2.75, 3.05) is 7.05 Å². The van der Waals surface area contributed by atoms with E-state index in [1.165, 1.54) is 29.3 Å². The molecular weight excluding hydrogens is 452 g/mol. The lowest BCUT2D eigenvalue weighted by Crippen LogP contribution is -2.45. The summed E-state index contributed by atoms with van der Waals surface area (Å²) in [5, 5.41) is 1.29. The van der Waals surface area contributed by atoms with Gasteiger partial charge in [0.05, 0.1) is 35.4 Å². The highest BCUT2D eigenvalue weighted by Crippen LogP contribution is 2.28. The maximum absolute atomic E-state index is 14.3. The largest absolute Gasteiger partial charge is 0.417 e. The van der Waals surface area contributed by atoms with Crippen LogP contribution in [0.5, 0.6) is 0 Å². The van der Waals surface area contributed by atoms with E-state index in [0.29, 0.717) is 16.8 Å². The molecule has 1 aromatic carbocycles. The molecule has 3 aromatic rings. The SMILES string of the molecule is CN1C=c2cc(C(=O)N(Cc3ccc(C(F)(F)F)cn3)Cc3ncccc3F)ccc2=NC1N. The molecule has 0 radical (unpaired) electrons. The van der Waals surface area contributed by atoms with Crippen LogP contribution in [0.3, 0.4) is 0 Å². The number of aromatic nitrogens is 2. The number of amides is 1. The van der Waals surface area contributed by atoms with Crippen molar-refractivity contribution in [2.45, 2.75) is 25.6 Å². The minimum absolute atomic E-state index is 0.0213. The molecule has 0 saturated heterocycles. The molecular formula is C23H20F4N6O. The van der Waals surface area contributed by atoms with Crippen molar-refractivity contribution >= 4 is 12.1 Å². The standard InChI is InChI=1S/C23H20F4N6O/c1-32-11-15-9-14(4-7-19(15)31-22(32)28)21(34)33(13-20-18(24)3-2-8-29-20)12-17-6-5-16(10-30-17)23(25,26)27/h2-11,22H,12-13,28H2,1H3. The summed E-state index contributed by atoms with van der Waals surface area (Å²) in [6.45, 7) is -0.354. The number of rotatable bonds is 5. The van der Waals surface area contributed by atoms with Gasteiger partial charge < -0.3 is 9.80 Å². The van der Waals surface area contributed by atoms with E-state index in [1.54, 1.807) is 36.3 Å². The summed E-state index contributed by atoms with van der Waals surface area (Å²) in [7, 11) is 1.75. The lowest BCUT2D eigenvalue weighted by atomic mass is 10.1. The Morgan fingerprint density at radius 1 is 1.15 bits per heavy atom. The number of hydrogen-bond acceptors (Lipinski definition) is 6. The van der Waals surface area contributed by atoms with Gasteiger partial charge in [0.15, 0.2) is 6.29 Å². The molecule has 0 bridgehead atoms. The van der Waals surface area contributed by atoms with Gasteiger partial charge in [-0.05, 0) is 42.5 Å². The van der Waals surface area contributed by atoms with Gasteiger partial charge in [0.2, 0.25) is 0 Å². The van der Waals surface area contributed by atoms with Gasteiger partial charge in [-0.1, -0.05) is 0 Å². The van der Waals surface area contributed by atoms with Gasteiger partial charge in [-0.25, -0.2) is 9.38 Å². The molecule has 1 atom stereocenters. The Kier molecular flexibility index (Phi) is 6.29. The van der Waals surface area contributed by atoms with Gasteiger partial charge in [-0.3, -0.25) is 20.5 Å². The zero-order valence-electron chi connectivity index (χ0n) is 18.0. The molecule has 3 heterocycles. The van der Waals surface area contributed by atoms with Crippen molar-refractivity contribution in [1.29, 1.82) is 0 Å². The first-order valence-electron chi connectivity index (χ1n) is 10.2. The van der Waals surface area contributed by atoms with Gasteiger partial charge in [0.25, 0.3) is 5.91 Å². The number of benzene rings is 1. The Morgan fingerprint density at radius 2 is 1.94 bits per heavy atom. The van der Waals surface area contributed by atoms with Gasteiger partial charge in [-0.2, -0.15) is 13.2 Å². The van der Waals surface area contributed by atoms with E-state index in [-0.39, 0.29) is 30.0 Å². The molecule has 1 aliphatic rings. The fraction of sp³-hybridized carbons (Fsp3) is 0.217. The highest BCUT2D eigenvalue weighted by atomic mass is 19.4. The van der Waals surface area contributed by atoms with Gasteiger partial charge in [0, 0.05) is 36.4 Å². The van der Waals surface area contributed by atoms with Crippen molar-refractivity contribution in [2.24, 2.45) is 10.7 Å². The average Bonchev–Trinajstić information content (AvgIpc) is 2.80. The minimum atomic E-state index is -4.53.